The van der Waals surface area contributed by atoms with Crippen molar-refractivity contribution < 1.29 is 4.84 Å². The molecule has 1 aromatic heterocycles. The van der Waals surface area contributed by atoms with Crippen LogP contribution in [0.3, 0.4) is 0 Å². The zero-order valence-corrected chi connectivity index (χ0v) is 5.35. The van der Waals surface area contributed by atoms with Gasteiger partial charge in [-0.05, 0) is 0 Å². The Bertz CT molecular complexity index is 161. The van der Waals surface area contributed by atoms with Gasteiger partial charge in [-0.15, -0.1) is 9.89 Å². The molecule has 0 aliphatic rings. The minimum Gasteiger partial charge on any atom is -0.260 e. The molecule has 0 radical (unpaired) electrons. The Morgan fingerprint density at radius 3 is 2.89 bits per heavy atom. The van der Waals surface area contributed by atoms with Crippen LogP contribution in [0.5, 0.6) is 0 Å². The monoisotopic (exact) mass is 128 g/mol. The first-order valence-corrected chi connectivity index (χ1v) is 2.47. The van der Waals surface area contributed by atoms with Gasteiger partial charge < -0.3 is 0 Å². The second kappa shape index (κ2) is 2.45. The number of aromatic nitrogens is 3. The highest BCUT2D eigenvalue weighted by molar-refractivity contribution is 4.62. The second-order valence-corrected chi connectivity index (χ2v) is 1.46. The van der Waals surface area contributed by atoms with Gasteiger partial charge in [0.1, 0.15) is 12.7 Å². The van der Waals surface area contributed by atoms with E-state index in [2.05, 4.69) is 10.1 Å². The highest BCUT2D eigenvalue weighted by Gasteiger charge is 1.92. The average molecular weight is 128 g/mol. The van der Waals surface area contributed by atoms with E-state index < -0.39 is 0 Å². The molecule has 50 valence electrons. The fourth-order valence-corrected chi connectivity index (χ4v) is 0.431. The molecule has 0 atom stereocenters. The first kappa shape index (κ1) is 6.03. The first-order chi connectivity index (χ1) is 4.34. The number of rotatable bonds is 2. The van der Waals surface area contributed by atoms with Crippen molar-refractivity contribution in [2.45, 2.75) is 0 Å². The van der Waals surface area contributed by atoms with Crippen molar-refractivity contribution in [3.63, 3.8) is 0 Å². The van der Waals surface area contributed by atoms with Gasteiger partial charge in [0.2, 0.25) is 0 Å². The van der Waals surface area contributed by atoms with E-state index in [-0.39, 0.29) is 0 Å². The lowest BCUT2D eigenvalue weighted by molar-refractivity contribution is 0.111. The first-order valence-electron chi connectivity index (χ1n) is 2.47. The van der Waals surface area contributed by atoms with E-state index in [0.717, 1.165) is 0 Å². The van der Waals surface area contributed by atoms with Gasteiger partial charge in [0.25, 0.3) is 0 Å². The summed E-state index contributed by atoms with van der Waals surface area (Å²) in [6.45, 7) is 0. The number of hydroxylamine groups is 1. The molecule has 0 saturated carbocycles. The molecular formula is C4H8N4O. The summed E-state index contributed by atoms with van der Waals surface area (Å²) < 4.78 is 0. The van der Waals surface area contributed by atoms with Gasteiger partial charge in [-0.25, -0.2) is 4.98 Å². The second-order valence-electron chi connectivity index (χ2n) is 1.46. The highest BCUT2D eigenvalue weighted by atomic mass is 16.7. The fourth-order valence-electron chi connectivity index (χ4n) is 0.431. The van der Waals surface area contributed by atoms with Crippen molar-refractivity contribution in [1.82, 2.24) is 14.9 Å². The van der Waals surface area contributed by atoms with E-state index in [9.17, 15) is 0 Å². The predicted molar refractivity (Wildman–Crippen MR) is 31.2 cm³/mol. The zero-order chi connectivity index (χ0) is 6.69. The molecular weight excluding hydrogens is 120 g/mol. The van der Waals surface area contributed by atoms with E-state index >= 15 is 0 Å². The molecule has 0 saturated heterocycles. The molecule has 0 bridgehead atoms. The van der Waals surface area contributed by atoms with Crippen molar-refractivity contribution in [3.8, 4) is 0 Å². The van der Waals surface area contributed by atoms with Gasteiger partial charge in [0.05, 0.1) is 14.2 Å². The molecule has 1 rings (SSSR count). The summed E-state index contributed by atoms with van der Waals surface area (Å²) >= 11 is 0. The third-order valence-electron chi connectivity index (χ3n) is 0.959. The number of nitrogens with zero attached hydrogens (tertiary/aromatic N) is 4. The summed E-state index contributed by atoms with van der Waals surface area (Å²) in [5.41, 5.74) is 0. The molecule has 0 fully saturated rings. The normalized spacial score (nSPS) is 9.56. The Hall–Kier alpha value is -1.10. The van der Waals surface area contributed by atoms with Crippen LogP contribution in [-0.2, 0) is 4.84 Å². The predicted octanol–water partition coefficient (Wildman–Crippen LogP) is -0.593. The Kier molecular flexibility index (Phi) is 1.64. The Morgan fingerprint density at radius 2 is 2.44 bits per heavy atom. The van der Waals surface area contributed by atoms with Crippen molar-refractivity contribution >= 4 is 0 Å². The topological polar surface area (TPSA) is 43.2 Å². The van der Waals surface area contributed by atoms with E-state index in [4.69, 9.17) is 4.84 Å². The Balaban J connectivity index is 2.65. The van der Waals surface area contributed by atoms with Crippen LogP contribution in [-0.4, -0.2) is 29.0 Å². The van der Waals surface area contributed by atoms with Gasteiger partial charge in [0, 0.05) is 0 Å². The Labute approximate surface area is 52.8 Å². The van der Waals surface area contributed by atoms with Crippen LogP contribution in [0, 0.1) is 0 Å². The molecule has 0 aliphatic heterocycles. The molecule has 1 heterocycles. The summed E-state index contributed by atoms with van der Waals surface area (Å²) in [7, 11) is 3.29. The SMILES string of the molecule is CON(C)n1cncn1. The zero-order valence-electron chi connectivity index (χ0n) is 5.35. The summed E-state index contributed by atoms with van der Waals surface area (Å²) in [6, 6.07) is 0. The van der Waals surface area contributed by atoms with Gasteiger partial charge in [-0.3, -0.25) is 4.84 Å². The van der Waals surface area contributed by atoms with Crippen LogP contribution in [0.25, 0.3) is 0 Å². The standard InChI is InChI=1S/C4H8N4O/c1-7(9-2)8-4-5-3-6-8/h3-4H,1-2H3. The largest absolute Gasteiger partial charge is 0.260 e. The molecule has 9 heavy (non-hydrogen) atoms. The minimum absolute atomic E-state index is 1.44. The molecule has 0 N–H and O–H groups in total. The van der Waals surface area contributed by atoms with Crippen LogP contribution in [0.1, 0.15) is 0 Å². The van der Waals surface area contributed by atoms with E-state index in [1.54, 1.807) is 20.5 Å². The maximum absolute atomic E-state index is 4.79. The molecule has 1 aromatic rings. The molecule has 0 amide bonds. The molecule has 0 aliphatic carbocycles. The molecule has 5 nitrogen and oxygen atoms in total. The van der Waals surface area contributed by atoms with Gasteiger partial charge in [-0.2, -0.15) is 5.17 Å². The molecule has 0 unspecified atom stereocenters. The smallest absolute Gasteiger partial charge is 0.139 e. The number of hydrogen-bond donors (Lipinski definition) is 0. The summed E-state index contributed by atoms with van der Waals surface area (Å²) in [4.78, 5) is 9.98. The Morgan fingerprint density at radius 1 is 1.67 bits per heavy atom. The summed E-state index contributed by atoms with van der Waals surface area (Å²) in [6.07, 6.45) is 2.99. The lowest BCUT2D eigenvalue weighted by Gasteiger charge is -2.12. The van der Waals surface area contributed by atoms with E-state index in [1.807, 2.05) is 0 Å². The fraction of sp³-hybridized carbons (Fsp3) is 0.500. The lowest BCUT2D eigenvalue weighted by atomic mass is 11.3. The van der Waals surface area contributed by atoms with Gasteiger partial charge in [-0.1, -0.05) is 0 Å². The van der Waals surface area contributed by atoms with Crippen molar-refractivity contribution in [2.24, 2.45) is 0 Å². The third-order valence-corrected chi connectivity index (χ3v) is 0.959. The average Bonchev–Trinajstić information content (AvgIpc) is 2.37. The van der Waals surface area contributed by atoms with Crippen LogP contribution in [0.2, 0.25) is 0 Å². The van der Waals surface area contributed by atoms with Crippen molar-refractivity contribution in [2.75, 3.05) is 19.3 Å². The van der Waals surface area contributed by atoms with Crippen LogP contribution < -0.4 is 5.17 Å². The maximum atomic E-state index is 4.79. The van der Waals surface area contributed by atoms with Gasteiger partial charge in [0.15, 0.2) is 0 Å². The van der Waals surface area contributed by atoms with Crippen molar-refractivity contribution in [1.29, 1.82) is 0 Å². The van der Waals surface area contributed by atoms with E-state index in [0.29, 0.717) is 0 Å². The van der Waals surface area contributed by atoms with Crippen LogP contribution in [0.4, 0.5) is 0 Å². The van der Waals surface area contributed by atoms with E-state index in [1.165, 1.54) is 16.3 Å². The highest BCUT2D eigenvalue weighted by Crippen LogP contribution is 1.79. The molecule has 0 aromatic carbocycles. The maximum Gasteiger partial charge on any atom is 0.139 e. The van der Waals surface area contributed by atoms with Crippen LogP contribution >= 0.6 is 0 Å². The third kappa shape index (κ3) is 1.17. The lowest BCUT2D eigenvalue weighted by Crippen LogP contribution is -2.28. The quantitative estimate of drug-likeness (QED) is 0.499. The molecule has 5 heteroatoms. The number of hydrogen-bond acceptors (Lipinski definition) is 4. The summed E-state index contributed by atoms with van der Waals surface area (Å²) in [5.74, 6) is 0. The van der Waals surface area contributed by atoms with Gasteiger partial charge >= 0.3 is 0 Å². The summed E-state index contributed by atoms with van der Waals surface area (Å²) in [5, 5.41) is 5.24. The minimum atomic E-state index is 1.44. The van der Waals surface area contributed by atoms with Crippen molar-refractivity contribution in [3.05, 3.63) is 12.7 Å². The molecule has 0 spiro atoms. The van der Waals surface area contributed by atoms with Crippen LogP contribution in [0.15, 0.2) is 12.7 Å².